The van der Waals surface area contributed by atoms with Gasteiger partial charge in [0.2, 0.25) is 5.43 Å². The zero-order valence-electron chi connectivity index (χ0n) is 10.8. The fraction of sp³-hybridized carbons (Fsp3) is 0.143. The summed E-state index contributed by atoms with van der Waals surface area (Å²) in [5.41, 5.74) is 0.670. The molecule has 0 aliphatic rings. The molecular weight excluding hydrogens is 278 g/mol. The van der Waals surface area contributed by atoms with Crippen LogP contribution in [0.4, 0.5) is 0 Å². The van der Waals surface area contributed by atoms with Gasteiger partial charge in [-0.15, -0.1) is 11.3 Å². The van der Waals surface area contributed by atoms with Gasteiger partial charge in [0.1, 0.15) is 28.2 Å². The van der Waals surface area contributed by atoms with E-state index >= 15 is 0 Å². The molecule has 0 aliphatic heterocycles. The Bertz CT molecular complexity index is 879. The van der Waals surface area contributed by atoms with Gasteiger partial charge in [-0.05, 0) is 13.8 Å². The first-order valence-electron chi connectivity index (χ1n) is 5.89. The van der Waals surface area contributed by atoms with E-state index in [9.17, 15) is 15.0 Å². The summed E-state index contributed by atoms with van der Waals surface area (Å²) in [5.74, 6) is -0.0606. The summed E-state index contributed by atoms with van der Waals surface area (Å²) < 4.78 is 5.54. The molecular formula is C14H11NO4S. The Balaban J connectivity index is 2.43. The zero-order valence-corrected chi connectivity index (χ0v) is 11.6. The highest BCUT2D eigenvalue weighted by atomic mass is 32.1. The highest BCUT2D eigenvalue weighted by molar-refractivity contribution is 7.09. The minimum atomic E-state index is -0.355. The minimum Gasteiger partial charge on any atom is -0.508 e. The van der Waals surface area contributed by atoms with Crippen LogP contribution in [0.5, 0.6) is 11.5 Å². The molecule has 0 amide bonds. The molecule has 0 unspecified atom stereocenters. The number of hydrogen-bond acceptors (Lipinski definition) is 6. The Morgan fingerprint density at radius 1 is 1.25 bits per heavy atom. The largest absolute Gasteiger partial charge is 0.508 e. The molecule has 2 heterocycles. The second kappa shape index (κ2) is 4.35. The van der Waals surface area contributed by atoms with Crippen molar-refractivity contribution >= 4 is 22.3 Å². The Labute approximate surface area is 117 Å². The maximum atomic E-state index is 12.6. The summed E-state index contributed by atoms with van der Waals surface area (Å²) in [4.78, 5) is 16.8. The van der Waals surface area contributed by atoms with E-state index in [0.29, 0.717) is 17.0 Å². The van der Waals surface area contributed by atoms with Crippen LogP contribution in [0.25, 0.3) is 22.2 Å². The molecule has 0 saturated carbocycles. The average Bonchev–Trinajstić information content (AvgIpc) is 2.73. The van der Waals surface area contributed by atoms with Crippen molar-refractivity contribution < 1.29 is 14.6 Å². The van der Waals surface area contributed by atoms with Gasteiger partial charge in [0, 0.05) is 17.5 Å². The predicted octanol–water partition coefficient (Wildman–Crippen LogP) is 2.94. The fourth-order valence-corrected chi connectivity index (χ4v) is 2.77. The van der Waals surface area contributed by atoms with Gasteiger partial charge >= 0.3 is 0 Å². The number of aryl methyl sites for hydroxylation is 2. The van der Waals surface area contributed by atoms with Crippen LogP contribution in [0.15, 0.2) is 26.7 Å². The van der Waals surface area contributed by atoms with Crippen LogP contribution in [0.2, 0.25) is 0 Å². The smallest absolute Gasteiger partial charge is 0.206 e. The number of fused-ring (bicyclic) bond motifs is 1. The number of phenolic OH excluding ortho intramolecular Hbond substituents is 2. The van der Waals surface area contributed by atoms with Gasteiger partial charge in [0.25, 0.3) is 0 Å². The van der Waals surface area contributed by atoms with E-state index in [1.807, 2.05) is 6.92 Å². The van der Waals surface area contributed by atoms with Gasteiger partial charge in [-0.3, -0.25) is 4.79 Å². The molecule has 0 saturated heterocycles. The highest BCUT2D eigenvalue weighted by Crippen LogP contribution is 2.31. The normalized spacial score (nSPS) is 11.1. The molecule has 1 aromatic carbocycles. The first-order valence-corrected chi connectivity index (χ1v) is 6.77. The molecule has 0 radical (unpaired) electrons. The number of hydrogen-bond donors (Lipinski definition) is 2. The van der Waals surface area contributed by atoms with E-state index in [-0.39, 0.29) is 27.9 Å². The Hall–Kier alpha value is -2.34. The lowest BCUT2D eigenvalue weighted by molar-refractivity contribution is 0.451. The molecule has 102 valence electrons. The van der Waals surface area contributed by atoms with E-state index < -0.39 is 0 Å². The standard InChI is InChI=1S/C14H11NO4S/c1-6-12(9-5-20-7(2)15-9)14(18)13-10(17)3-8(16)4-11(13)19-6/h3-5,16-17H,1-2H3. The molecule has 0 bridgehead atoms. The van der Waals surface area contributed by atoms with Gasteiger partial charge in [-0.2, -0.15) is 0 Å². The van der Waals surface area contributed by atoms with Crippen LogP contribution >= 0.6 is 11.3 Å². The van der Waals surface area contributed by atoms with Gasteiger partial charge in [0.15, 0.2) is 0 Å². The molecule has 0 fully saturated rings. The maximum absolute atomic E-state index is 12.6. The van der Waals surface area contributed by atoms with Crippen LogP contribution in [0, 0.1) is 13.8 Å². The van der Waals surface area contributed by atoms with E-state index in [1.54, 1.807) is 12.3 Å². The zero-order chi connectivity index (χ0) is 14.4. The van der Waals surface area contributed by atoms with Crippen LogP contribution < -0.4 is 5.43 Å². The summed E-state index contributed by atoms with van der Waals surface area (Å²) >= 11 is 1.43. The number of phenols is 2. The van der Waals surface area contributed by atoms with Crippen LogP contribution in [0.3, 0.4) is 0 Å². The third kappa shape index (κ3) is 1.85. The van der Waals surface area contributed by atoms with Crippen molar-refractivity contribution in [3.05, 3.63) is 38.5 Å². The monoisotopic (exact) mass is 289 g/mol. The van der Waals surface area contributed by atoms with E-state index in [2.05, 4.69) is 4.98 Å². The van der Waals surface area contributed by atoms with Crippen molar-refractivity contribution in [3.8, 4) is 22.8 Å². The van der Waals surface area contributed by atoms with Crippen molar-refractivity contribution in [3.63, 3.8) is 0 Å². The van der Waals surface area contributed by atoms with Crippen LogP contribution in [-0.2, 0) is 0 Å². The summed E-state index contributed by atoms with van der Waals surface area (Å²) in [5, 5.41) is 22.0. The lowest BCUT2D eigenvalue weighted by Gasteiger charge is -2.06. The summed E-state index contributed by atoms with van der Waals surface area (Å²) in [6, 6.07) is 2.42. The lowest BCUT2D eigenvalue weighted by atomic mass is 10.1. The van der Waals surface area contributed by atoms with Gasteiger partial charge in [-0.1, -0.05) is 0 Å². The second-order valence-corrected chi connectivity index (χ2v) is 5.51. The molecule has 20 heavy (non-hydrogen) atoms. The van der Waals surface area contributed by atoms with Crippen molar-refractivity contribution in [1.29, 1.82) is 0 Å². The first kappa shape index (κ1) is 12.7. The van der Waals surface area contributed by atoms with E-state index in [0.717, 1.165) is 11.1 Å². The molecule has 5 nitrogen and oxygen atoms in total. The number of nitrogens with zero attached hydrogens (tertiary/aromatic N) is 1. The van der Waals surface area contributed by atoms with Crippen molar-refractivity contribution in [2.24, 2.45) is 0 Å². The predicted molar refractivity (Wildman–Crippen MR) is 76.4 cm³/mol. The topological polar surface area (TPSA) is 83.6 Å². The summed E-state index contributed by atoms with van der Waals surface area (Å²) in [6.07, 6.45) is 0. The third-order valence-corrected chi connectivity index (χ3v) is 3.78. The quantitative estimate of drug-likeness (QED) is 0.719. The van der Waals surface area contributed by atoms with Gasteiger partial charge in [-0.25, -0.2) is 4.98 Å². The highest BCUT2D eigenvalue weighted by Gasteiger charge is 2.18. The SMILES string of the molecule is Cc1nc(-c2c(C)oc3cc(O)cc(O)c3c2=O)cs1. The minimum absolute atomic E-state index is 0.0500. The number of aromatic hydroxyl groups is 2. The number of benzene rings is 1. The molecule has 3 aromatic rings. The molecule has 0 atom stereocenters. The van der Waals surface area contributed by atoms with Crippen molar-refractivity contribution in [1.82, 2.24) is 4.98 Å². The van der Waals surface area contributed by atoms with Crippen molar-refractivity contribution in [2.45, 2.75) is 13.8 Å². The molecule has 6 heteroatoms. The van der Waals surface area contributed by atoms with Gasteiger partial charge < -0.3 is 14.6 Å². The van der Waals surface area contributed by atoms with Crippen LogP contribution in [-0.4, -0.2) is 15.2 Å². The molecule has 0 aliphatic carbocycles. The molecule has 0 spiro atoms. The summed E-state index contributed by atoms with van der Waals surface area (Å²) in [6.45, 7) is 3.51. The molecule has 2 aromatic heterocycles. The fourth-order valence-electron chi connectivity index (χ4n) is 2.17. The Morgan fingerprint density at radius 2 is 2.00 bits per heavy atom. The Kier molecular flexibility index (Phi) is 2.76. The molecule has 2 N–H and O–H groups in total. The molecule has 3 rings (SSSR count). The summed E-state index contributed by atoms with van der Waals surface area (Å²) in [7, 11) is 0. The number of rotatable bonds is 1. The van der Waals surface area contributed by atoms with Crippen molar-refractivity contribution in [2.75, 3.05) is 0 Å². The third-order valence-electron chi connectivity index (χ3n) is 3.01. The van der Waals surface area contributed by atoms with Gasteiger partial charge in [0.05, 0.1) is 16.3 Å². The van der Waals surface area contributed by atoms with E-state index in [1.165, 1.54) is 17.4 Å². The number of aromatic nitrogens is 1. The second-order valence-electron chi connectivity index (χ2n) is 4.45. The number of thiazole rings is 1. The maximum Gasteiger partial charge on any atom is 0.206 e. The lowest BCUT2D eigenvalue weighted by Crippen LogP contribution is -2.08. The first-order chi connectivity index (χ1) is 9.47. The van der Waals surface area contributed by atoms with Crippen LogP contribution in [0.1, 0.15) is 10.8 Å². The Morgan fingerprint density at radius 3 is 2.65 bits per heavy atom. The van der Waals surface area contributed by atoms with E-state index in [4.69, 9.17) is 4.42 Å². The average molecular weight is 289 g/mol.